The van der Waals surface area contributed by atoms with Gasteiger partial charge < -0.3 is 15.7 Å². The zero-order chi connectivity index (χ0) is 15.0. The summed E-state index contributed by atoms with van der Waals surface area (Å²) in [5.41, 5.74) is 6.25. The molecule has 2 atom stereocenters. The van der Waals surface area contributed by atoms with Crippen LogP contribution in [0.15, 0.2) is 18.2 Å². The van der Waals surface area contributed by atoms with Crippen LogP contribution < -0.4 is 5.73 Å². The molecule has 21 heavy (non-hydrogen) atoms. The SMILES string of the molecule is Nc1cc(Cl)ccc1C(=O)N1CCC2(O)CCCCC2C1. The Hall–Kier alpha value is -1.26. The highest BCUT2D eigenvalue weighted by atomic mass is 35.5. The number of fused-ring (bicyclic) bond motifs is 1. The molecule has 1 aliphatic carbocycles. The third-order valence-corrected chi connectivity index (χ3v) is 5.19. The molecule has 3 N–H and O–H groups in total. The van der Waals surface area contributed by atoms with Crippen molar-refractivity contribution in [3.63, 3.8) is 0 Å². The van der Waals surface area contributed by atoms with Crippen LogP contribution in [0, 0.1) is 5.92 Å². The predicted molar refractivity (Wildman–Crippen MR) is 83.3 cm³/mol. The van der Waals surface area contributed by atoms with E-state index >= 15 is 0 Å². The van der Waals surface area contributed by atoms with Gasteiger partial charge in [0.2, 0.25) is 0 Å². The summed E-state index contributed by atoms with van der Waals surface area (Å²) in [5.74, 6) is 0.134. The number of hydrogen-bond acceptors (Lipinski definition) is 3. The van der Waals surface area contributed by atoms with E-state index in [1.807, 2.05) is 4.90 Å². The van der Waals surface area contributed by atoms with E-state index in [1.165, 1.54) is 0 Å². The van der Waals surface area contributed by atoms with Gasteiger partial charge in [-0.2, -0.15) is 0 Å². The summed E-state index contributed by atoms with van der Waals surface area (Å²) in [7, 11) is 0. The first-order valence-corrected chi connectivity index (χ1v) is 7.94. The number of nitrogens with two attached hydrogens (primary N) is 1. The summed E-state index contributed by atoms with van der Waals surface area (Å²) >= 11 is 5.88. The minimum absolute atomic E-state index is 0.0585. The monoisotopic (exact) mass is 308 g/mol. The normalized spacial score (nSPS) is 29.0. The Morgan fingerprint density at radius 2 is 2.19 bits per heavy atom. The van der Waals surface area contributed by atoms with Crippen molar-refractivity contribution in [2.75, 3.05) is 18.8 Å². The molecule has 1 heterocycles. The lowest BCUT2D eigenvalue weighted by Gasteiger charge is -2.47. The molecule has 0 bridgehead atoms. The molecule has 1 amide bonds. The molecule has 2 aliphatic rings. The molecule has 0 radical (unpaired) electrons. The molecular weight excluding hydrogens is 288 g/mol. The molecule has 3 rings (SSSR count). The Balaban J connectivity index is 1.77. The van der Waals surface area contributed by atoms with Gasteiger partial charge in [0.05, 0.1) is 11.2 Å². The molecule has 4 nitrogen and oxygen atoms in total. The molecule has 1 aromatic carbocycles. The summed E-state index contributed by atoms with van der Waals surface area (Å²) < 4.78 is 0. The number of carbonyl (C=O) groups excluding carboxylic acids is 1. The maximum Gasteiger partial charge on any atom is 0.255 e. The highest BCUT2D eigenvalue weighted by molar-refractivity contribution is 6.31. The van der Waals surface area contributed by atoms with Crippen LogP contribution in [0.25, 0.3) is 0 Å². The average molecular weight is 309 g/mol. The maximum absolute atomic E-state index is 12.6. The van der Waals surface area contributed by atoms with Crippen LogP contribution in [-0.4, -0.2) is 34.6 Å². The topological polar surface area (TPSA) is 66.6 Å². The van der Waals surface area contributed by atoms with Crippen molar-refractivity contribution < 1.29 is 9.90 Å². The van der Waals surface area contributed by atoms with Gasteiger partial charge in [0.25, 0.3) is 5.91 Å². The molecule has 1 aliphatic heterocycles. The highest BCUT2D eigenvalue weighted by Gasteiger charge is 2.43. The number of nitrogens with zero attached hydrogens (tertiary/aromatic N) is 1. The number of likely N-dealkylation sites (tertiary alicyclic amines) is 1. The second-order valence-corrected chi connectivity index (χ2v) is 6.72. The number of aliphatic hydroxyl groups is 1. The van der Waals surface area contributed by atoms with Gasteiger partial charge in [0.15, 0.2) is 0 Å². The Labute approximate surface area is 129 Å². The van der Waals surface area contributed by atoms with Crippen molar-refractivity contribution in [2.24, 2.45) is 5.92 Å². The second kappa shape index (κ2) is 5.50. The molecule has 0 aromatic heterocycles. The number of carbonyl (C=O) groups is 1. The molecule has 0 spiro atoms. The maximum atomic E-state index is 12.6. The number of halogens is 1. The zero-order valence-electron chi connectivity index (χ0n) is 12.0. The van der Waals surface area contributed by atoms with E-state index in [4.69, 9.17) is 17.3 Å². The lowest BCUT2D eigenvalue weighted by Crippen LogP contribution is -2.54. The van der Waals surface area contributed by atoms with Crippen LogP contribution >= 0.6 is 11.6 Å². The first-order valence-electron chi connectivity index (χ1n) is 7.56. The number of piperidine rings is 1. The fraction of sp³-hybridized carbons (Fsp3) is 0.562. The minimum Gasteiger partial charge on any atom is -0.398 e. The number of amides is 1. The molecule has 5 heteroatoms. The summed E-state index contributed by atoms with van der Waals surface area (Å²) in [6.45, 7) is 1.21. The van der Waals surface area contributed by atoms with E-state index in [-0.39, 0.29) is 11.8 Å². The van der Waals surface area contributed by atoms with Crippen molar-refractivity contribution in [3.8, 4) is 0 Å². The van der Waals surface area contributed by atoms with Gasteiger partial charge in [0, 0.05) is 29.7 Å². The molecule has 1 saturated carbocycles. The fourth-order valence-corrected chi connectivity index (χ4v) is 3.83. The van der Waals surface area contributed by atoms with Crippen molar-refractivity contribution in [2.45, 2.75) is 37.7 Å². The van der Waals surface area contributed by atoms with Crippen LogP contribution in [0.5, 0.6) is 0 Å². The van der Waals surface area contributed by atoms with Gasteiger partial charge in [-0.25, -0.2) is 0 Å². The molecular formula is C16H21ClN2O2. The smallest absolute Gasteiger partial charge is 0.255 e. The van der Waals surface area contributed by atoms with Gasteiger partial charge in [-0.05, 0) is 37.5 Å². The van der Waals surface area contributed by atoms with E-state index in [0.29, 0.717) is 35.8 Å². The first-order chi connectivity index (χ1) is 9.99. The van der Waals surface area contributed by atoms with Crippen molar-refractivity contribution in [1.29, 1.82) is 0 Å². The molecule has 1 saturated heterocycles. The van der Waals surface area contributed by atoms with Gasteiger partial charge in [-0.15, -0.1) is 0 Å². The third-order valence-electron chi connectivity index (χ3n) is 4.96. The standard InChI is InChI=1S/C16H21ClN2O2/c17-12-4-5-13(14(18)9-12)15(20)19-8-7-16(21)6-2-1-3-11(16)10-19/h4-5,9,11,21H,1-3,6-8,10,18H2. The number of hydrogen-bond donors (Lipinski definition) is 2. The Morgan fingerprint density at radius 1 is 1.38 bits per heavy atom. The molecule has 2 unspecified atom stereocenters. The second-order valence-electron chi connectivity index (χ2n) is 6.28. The number of anilines is 1. The van der Waals surface area contributed by atoms with Crippen LogP contribution in [0.2, 0.25) is 5.02 Å². The van der Waals surface area contributed by atoms with Gasteiger partial charge in [-0.3, -0.25) is 4.79 Å². The van der Waals surface area contributed by atoms with Gasteiger partial charge in [-0.1, -0.05) is 24.4 Å². The lowest BCUT2D eigenvalue weighted by molar-refractivity contribution is -0.0886. The van der Waals surface area contributed by atoms with E-state index < -0.39 is 5.60 Å². The van der Waals surface area contributed by atoms with Gasteiger partial charge >= 0.3 is 0 Å². The number of rotatable bonds is 1. The lowest BCUT2D eigenvalue weighted by atomic mass is 9.71. The summed E-state index contributed by atoms with van der Waals surface area (Å²) in [6, 6.07) is 4.98. The fourth-order valence-electron chi connectivity index (χ4n) is 3.65. The third kappa shape index (κ3) is 2.74. The quantitative estimate of drug-likeness (QED) is 0.784. The summed E-state index contributed by atoms with van der Waals surface area (Å²) in [5, 5.41) is 11.2. The molecule has 1 aromatic rings. The van der Waals surface area contributed by atoms with Crippen molar-refractivity contribution >= 4 is 23.2 Å². The van der Waals surface area contributed by atoms with Crippen molar-refractivity contribution in [3.05, 3.63) is 28.8 Å². The van der Waals surface area contributed by atoms with E-state index in [9.17, 15) is 9.90 Å². The average Bonchev–Trinajstić information content (AvgIpc) is 2.45. The summed E-state index contributed by atoms with van der Waals surface area (Å²) in [4.78, 5) is 14.5. The van der Waals surface area contributed by atoms with E-state index in [2.05, 4.69) is 0 Å². The van der Waals surface area contributed by atoms with Crippen LogP contribution in [0.3, 0.4) is 0 Å². The van der Waals surface area contributed by atoms with Crippen LogP contribution in [-0.2, 0) is 0 Å². The number of nitrogen functional groups attached to an aromatic ring is 1. The Morgan fingerprint density at radius 3 is 2.95 bits per heavy atom. The zero-order valence-corrected chi connectivity index (χ0v) is 12.8. The van der Waals surface area contributed by atoms with E-state index in [0.717, 1.165) is 25.7 Å². The Bertz CT molecular complexity index is 563. The molecule has 114 valence electrons. The largest absolute Gasteiger partial charge is 0.398 e. The Kier molecular flexibility index (Phi) is 3.84. The molecule has 2 fully saturated rings. The van der Waals surface area contributed by atoms with E-state index in [1.54, 1.807) is 18.2 Å². The van der Waals surface area contributed by atoms with Crippen molar-refractivity contribution in [1.82, 2.24) is 4.90 Å². The highest BCUT2D eigenvalue weighted by Crippen LogP contribution is 2.40. The number of benzene rings is 1. The minimum atomic E-state index is -0.569. The summed E-state index contributed by atoms with van der Waals surface area (Å²) in [6.07, 6.45) is 4.75. The van der Waals surface area contributed by atoms with Crippen LogP contribution in [0.1, 0.15) is 42.5 Å². The predicted octanol–water partition coefficient (Wildman–Crippen LogP) is 2.69. The first kappa shape index (κ1) is 14.7. The van der Waals surface area contributed by atoms with Crippen LogP contribution in [0.4, 0.5) is 5.69 Å². The van der Waals surface area contributed by atoms with Gasteiger partial charge in [0.1, 0.15) is 0 Å².